The van der Waals surface area contributed by atoms with Crippen LogP contribution in [0.25, 0.3) is 10.1 Å². The number of nitrogens with zero attached hydrogens (tertiary/aromatic N) is 3. The van der Waals surface area contributed by atoms with Crippen molar-refractivity contribution in [2.75, 3.05) is 26.2 Å². The number of amides is 1. The van der Waals surface area contributed by atoms with Crippen LogP contribution in [-0.4, -0.2) is 54.7 Å². The molecule has 0 spiro atoms. The molecule has 4 rings (SSSR count). The second-order valence-corrected chi connectivity index (χ2v) is 9.54. The van der Waals surface area contributed by atoms with E-state index in [0.29, 0.717) is 15.8 Å². The maximum absolute atomic E-state index is 14.1. The number of carbonyl (C=O) groups excluding carboxylic acids is 1. The van der Waals surface area contributed by atoms with Crippen LogP contribution < -0.4 is 0 Å². The molecule has 0 aliphatic carbocycles. The number of aromatic nitrogens is 1. The maximum Gasteiger partial charge on any atom is 0.264 e. The number of pyridine rings is 1. The number of halogens is 1. The number of aryl methyl sites for hydroxylation is 1. The molecule has 1 aliphatic rings. The lowest BCUT2D eigenvalue weighted by molar-refractivity contribution is 0.0702. The second kappa shape index (κ2) is 7.23. The fourth-order valence-electron chi connectivity index (χ4n) is 3.38. The van der Waals surface area contributed by atoms with Gasteiger partial charge in [0, 0.05) is 48.7 Å². The van der Waals surface area contributed by atoms with E-state index in [2.05, 4.69) is 4.98 Å². The van der Waals surface area contributed by atoms with Crippen molar-refractivity contribution in [1.82, 2.24) is 14.2 Å². The van der Waals surface area contributed by atoms with Crippen molar-refractivity contribution < 1.29 is 17.6 Å². The molecule has 9 heteroatoms. The fourth-order valence-corrected chi connectivity index (χ4v) is 5.96. The molecule has 2 aromatic heterocycles. The van der Waals surface area contributed by atoms with E-state index in [4.69, 9.17) is 0 Å². The lowest BCUT2D eigenvalue weighted by atomic mass is 10.1. The molecule has 28 heavy (non-hydrogen) atoms. The second-order valence-electron chi connectivity index (χ2n) is 6.55. The van der Waals surface area contributed by atoms with Crippen LogP contribution in [0.4, 0.5) is 4.39 Å². The number of benzene rings is 1. The van der Waals surface area contributed by atoms with Gasteiger partial charge in [-0.3, -0.25) is 9.78 Å². The number of carbonyl (C=O) groups is 1. The third-order valence-electron chi connectivity index (χ3n) is 4.90. The standard InChI is InChI=1S/C19H18FN3O3S2/c1-13-17-15(20)5-2-6-16(17)27-18(13)19(24)22-8-10-23(11-9-22)28(25,26)14-4-3-7-21-12-14/h2-7,12H,8-11H2,1H3. The Balaban J connectivity index is 1.52. The summed E-state index contributed by atoms with van der Waals surface area (Å²) < 4.78 is 41.6. The Morgan fingerprint density at radius 3 is 2.54 bits per heavy atom. The van der Waals surface area contributed by atoms with Gasteiger partial charge in [0.15, 0.2) is 0 Å². The third kappa shape index (κ3) is 3.19. The van der Waals surface area contributed by atoms with Gasteiger partial charge in [0.05, 0.1) is 4.88 Å². The van der Waals surface area contributed by atoms with Gasteiger partial charge < -0.3 is 4.90 Å². The van der Waals surface area contributed by atoms with Crippen LogP contribution in [0.5, 0.6) is 0 Å². The van der Waals surface area contributed by atoms with E-state index in [1.165, 1.54) is 40.2 Å². The molecule has 0 N–H and O–H groups in total. The number of hydrogen-bond acceptors (Lipinski definition) is 5. The summed E-state index contributed by atoms with van der Waals surface area (Å²) in [6.45, 7) is 2.74. The Morgan fingerprint density at radius 2 is 1.89 bits per heavy atom. The molecule has 0 atom stereocenters. The molecule has 1 saturated heterocycles. The topological polar surface area (TPSA) is 70.6 Å². The van der Waals surface area contributed by atoms with Gasteiger partial charge in [0.1, 0.15) is 10.7 Å². The van der Waals surface area contributed by atoms with Crippen molar-refractivity contribution >= 4 is 37.4 Å². The molecule has 1 fully saturated rings. The van der Waals surface area contributed by atoms with Crippen LogP contribution in [0.2, 0.25) is 0 Å². The van der Waals surface area contributed by atoms with Crippen LogP contribution in [-0.2, 0) is 10.0 Å². The van der Waals surface area contributed by atoms with Gasteiger partial charge in [-0.1, -0.05) is 6.07 Å². The molecule has 1 aliphatic heterocycles. The summed E-state index contributed by atoms with van der Waals surface area (Å²) in [4.78, 5) is 19.1. The molecule has 0 bridgehead atoms. The van der Waals surface area contributed by atoms with E-state index in [-0.39, 0.29) is 42.8 Å². The van der Waals surface area contributed by atoms with E-state index < -0.39 is 10.0 Å². The molecule has 0 unspecified atom stereocenters. The van der Waals surface area contributed by atoms with Crippen molar-refractivity contribution in [3.63, 3.8) is 0 Å². The monoisotopic (exact) mass is 419 g/mol. The number of rotatable bonds is 3. The molecule has 1 amide bonds. The van der Waals surface area contributed by atoms with E-state index >= 15 is 0 Å². The van der Waals surface area contributed by atoms with Gasteiger partial charge in [0.2, 0.25) is 10.0 Å². The number of sulfonamides is 1. The minimum absolute atomic E-state index is 0.144. The van der Waals surface area contributed by atoms with E-state index in [9.17, 15) is 17.6 Å². The predicted octanol–water partition coefficient (Wildman–Crippen LogP) is 2.89. The summed E-state index contributed by atoms with van der Waals surface area (Å²) in [5.74, 6) is -0.519. The van der Waals surface area contributed by atoms with Crippen molar-refractivity contribution in [3.8, 4) is 0 Å². The molecule has 3 heterocycles. The highest BCUT2D eigenvalue weighted by Crippen LogP contribution is 2.33. The molecule has 146 valence electrons. The normalized spacial score (nSPS) is 15.9. The highest BCUT2D eigenvalue weighted by Gasteiger charge is 2.31. The van der Waals surface area contributed by atoms with Crippen LogP contribution in [0.1, 0.15) is 15.2 Å². The molecule has 0 radical (unpaired) electrons. The van der Waals surface area contributed by atoms with Crippen LogP contribution in [0.3, 0.4) is 0 Å². The zero-order valence-corrected chi connectivity index (χ0v) is 16.8. The Labute approximate surface area is 166 Å². The van der Waals surface area contributed by atoms with E-state index in [1.807, 2.05) is 0 Å². The fraction of sp³-hybridized carbons (Fsp3) is 0.263. The predicted molar refractivity (Wildman–Crippen MR) is 105 cm³/mol. The third-order valence-corrected chi connectivity index (χ3v) is 8.02. The molecular weight excluding hydrogens is 401 g/mol. The zero-order chi connectivity index (χ0) is 19.9. The largest absolute Gasteiger partial charge is 0.335 e. The molecule has 3 aromatic rings. The van der Waals surface area contributed by atoms with Gasteiger partial charge in [-0.15, -0.1) is 11.3 Å². The van der Waals surface area contributed by atoms with Crippen LogP contribution in [0, 0.1) is 12.7 Å². The van der Waals surface area contributed by atoms with Gasteiger partial charge in [0.25, 0.3) is 5.91 Å². The highest BCUT2D eigenvalue weighted by molar-refractivity contribution is 7.89. The lowest BCUT2D eigenvalue weighted by Crippen LogP contribution is -2.50. The zero-order valence-electron chi connectivity index (χ0n) is 15.1. The van der Waals surface area contributed by atoms with Crippen LogP contribution >= 0.6 is 11.3 Å². The van der Waals surface area contributed by atoms with Crippen molar-refractivity contribution in [1.29, 1.82) is 0 Å². The van der Waals surface area contributed by atoms with Crippen molar-refractivity contribution in [3.05, 3.63) is 59.0 Å². The first-order valence-electron chi connectivity index (χ1n) is 8.76. The Kier molecular flexibility index (Phi) is 4.90. The molecule has 1 aromatic carbocycles. The van der Waals surface area contributed by atoms with Crippen LogP contribution in [0.15, 0.2) is 47.6 Å². The summed E-state index contributed by atoms with van der Waals surface area (Å²) in [6.07, 6.45) is 2.84. The minimum atomic E-state index is -3.62. The molecule has 0 saturated carbocycles. The van der Waals surface area contributed by atoms with Crippen molar-refractivity contribution in [2.24, 2.45) is 0 Å². The summed E-state index contributed by atoms with van der Waals surface area (Å²) in [5, 5.41) is 0.480. The first-order chi connectivity index (χ1) is 13.4. The number of piperazine rings is 1. The van der Waals surface area contributed by atoms with Crippen molar-refractivity contribution in [2.45, 2.75) is 11.8 Å². The van der Waals surface area contributed by atoms with Gasteiger partial charge in [-0.25, -0.2) is 12.8 Å². The van der Waals surface area contributed by atoms with E-state index in [1.54, 1.807) is 30.0 Å². The molecular formula is C19H18FN3O3S2. The average molecular weight is 420 g/mol. The summed E-state index contributed by atoms with van der Waals surface area (Å²) in [6, 6.07) is 7.90. The number of fused-ring (bicyclic) bond motifs is 1. The Bertz CT molecular complexity index is 1140. The molecule has 6 nitrogen and oxygen atoms in total. The lowest BCUT2D eigenvalue weighted by Gasteiger charge is -2.33. The summed E-state index contributed by atoms with van der Waals surface area (Å²) >= 11 is 1.27. The number of hydrogen-bond donors (Lipinski definition) is 0. The number of thiophene rings is 1. The summed E-state index contributed by atoms with van der Waals surface area (Å²) in [7, 11) is -3.62. The quantitative estimate of drug-likeness (QED) is 0.655. The smallest absolute Gasteiger partial charge is 0.264 e. The highest BCUT2D eigenvalue weighted by atomic mass is 32.2. The minimum Gasteiger partial charge on any atom is -0.335 e. The summed E-state index contributed by atoms with van der Waals surface area (Å²) in [5.41, 5.74) is 0.633. The average Bonchev–Trinajstić information content (AvgIpc) is 3.06. The van der Waals surface area contributed by atoms with E-state index in [0.717, 1.165) is 4.70 Å². The Morgan fingerprint density at radius 1 is 1.14 bits per heavy atom. The van der Waals surface area contributed by atoms with Gasteiger partial charge in [-0.05, 0) is 36.8 Å². The van der Waals surface area contributed by atoms with Gasteiger partial charge >= 0.3 is 0 Å². The first-order valence-corrected chi connectivity index (χ1v) is 11.0. The maximum atomic E-state index is 14.1. The van der Waals surface area contributed by atoms with Gasteiger partial charge in [-0.2, -0.15) is 4.31 Å². The Hall–Kier alpha value is -2.36. The SMILES string of the molecule is Cc1c(C(=O)N2CCN(S(=O)(=O)c3cccnc3)CC2)sc2cccc(F)c12. The first kappa shape index (κ1) is 19.0.